The predicted octanol–water partition coefficient (Wildman–Crippen LogP) is 1.02. The van der Waals surface area contributed by atoms with Gasteiger partial charge in [-0.15, -0.1) is 0 Å². The summed E-state index contributed by atoms with van der Waals surface area (Å²) in [6.45, 7) is 3.27. The van der Waals surface area contributed by atoms with Crippen LogP contribution >= 0.6 is 0 Å². The van der Waals surface area contributed by atoms with E-state index in [1.54, 1.807) is 0 Å². The van der Waals surface area contributed by atoms with E-state index in [9.17, 15) is 4.79 Å². The van der Waals surface area contributed by atoms with E-state index in [0.717, 1.165) is 31.6 Å². The summed E-state index contributed by atoms with van der Waals surface area (Å²) in [5.41, 5.74) is 6.82. The van der Waals surface area contributed by atoms with Crippen LogP contribution in [0.4, 0.5) is 0 Å². The molecule has 112 valence electrons. The van der Waals surface area contributed by atoms with Gasteiger partial charge in [0.2, 0.25) is 0 Å². The smallest absolute Gasteiger partial charge is 0.254 e. The van der Waals surface area contributed by atoms with Gasteiger partial charge in [-0.3, -0.25) is 4.79 Å². The van der Waals surface area contributed by atoms with Gasteiger partial charge in [0.25, 0.3) is 5.91 Å². The molecular weight excluding hydrogens is 262 g/mol. The van der Waals surface area contributed by atoms with Crippen molar-refractivity contribution in [3.05, 3.63) is 35.4 Å². The largest absolute Gasteiger partial charge is 0.341 e. The molecule has 0 spiro atoms. The van der Waals surface area contributed by atoms with Crippen molar-refractivity contribution in [2.45, 2.75) is 6.42 Å². The van der Waals surface area contributed by atoms with Crippen LogP contribution in [0.25, 0.3) is 0 Å². The van der Waals surface area contributed by atoms with Crippen molar-refractivity contribution in [2.24, 2.45) is 11.7 Å². The highest BCUT2D eigenvalue weighted by Gasteiger charge is 2.23. The monoisotopic (exact) mass is 285 g/mol. The molecule has 4 heteroatoms. The van der Waals surface area contributed by atoms with Gasteiger partial charge in [-0.1, -0.05) is 24.0 Å². The lowest BCUT2D eigenvalue weighted by Crippen LogP contribution is -2.33. The highest BCUT2D eigenvalue weighted by molar-refractivity contribution is 5.96. The molecule has 4 nitrogen and oxygen atoms in total. The molecule has 0 aromatic heterocycles. The second-order valence-electron chi connectivity index (χ2n) is 5.65. The van der Waals surface area contributed by atoms with E-state index in [0.29, 0.717) is 18.0 Å². The summed E-state index contributed by atoms with van der Waals surface area (Å²) in [6, 6.07) is 7.47. The number of likely N-dealkylation sites (tertiary alicyclic amines) is 1. The van der Waals surface area contributed by atoms with Crippen molar-refractivity contribution in [3.8, 4) is 11.8 Å². The molecular formula is C17H23N3O. The minimum absolute atomic E-state index is 0.0338. The Labute approximate surface area is 126 Å². The summed E-state index contributed by atoms with van der Waals surface area (Å²) in [7, 11) is 3.99. The van der Waals surface area contributed by atoms with Crippen LogP contribution in [0.1, 0.15) is 22.3 Å². The van der Waals surface area contributed by atoms with Crippen molar-refractivity contribution < 1.29 is 4.79 Å². The van der Waals surface area contributed by atoms with E-state index >= 15 is 0 Å². The zero-order valence-electron chi connectivity index (χ0n) is 12.8. The molecule has 21 heavy (non-hydrogen) atoms. The molecule has 1 fully saturated rings. The van der Waals surface area contributed by atoms with E-state index < -0.39 is 0 Å². The van der Waals surface area contributed by atoms with Crippen molar-refractivity contribution in [1.29, 1.82) is 0 Å². The molecule has 2 N–H and O–H groups in total. The molecule has 1 aromatic rings. The second-order valence-corrected chi connectivity index (χ2v) is 5.65. The summed E-state index contributed by atoms with van der Waals surface area (Å²) >= 11 is 0. The molecule has 1 atom stereocenters. The van der Waals surface area contributed by atoms with Crippen LogP contribution in [0, 0.1) is 17.8 Å². The molecule has 1 aromatic carbocycles. The van der Waals surface area contributed by atoms with Crippen molar-refractivity contribution >= 4 is 5.91 Å². The Kier molecular flexibility index (Phi) is 5.38. The predicted molar refractivity (Wildman–Crippen MR) is 84.9 cm³/mol. The normalized spacial score (nSPS) is 18.1. The summed E-state index contributed by atoms with van der Waals surface area (Å²) in [5, 5.41) is 0. The number of nitrogens with two attached hydrogens (primary N) is 1. The molecule has 1 amide bonds. The van der Waals surface area contributed by atoms with Crippen LogP contribution < -0.4 is 5.73 Å². The molecule has 0 radical (unpaired) electrons. The van der Waals surface area contributed by atoms with Gasteiger partial charge in [-0.05, 0) is 38.1 Å². The first kappa shape index (κ1) is 15.6. The van der Waals surface area contributed by atoms with E-state index in [2.05, 4.69) is 23.8 Å². The summed E-state index contributed by atoms with van der Waals surface area (Å²) in [5.74, 6) is 6.39. The molecule has 0 saturated carbocycles. The minimum Gasteiger partial charge on any atom is -0.341 e. The maximum Gasteiger partial charge on any atom is 0.254 e. The first-order valence-electron chi connectivity index (χ1n) is 7.33. The second kappa shape index (κ2) is 7.26. The zero-order chi connectivity index (χ0) is 15.2. The fraction of sp³-hybridized carbons (Fsp3) is 0.471. The number of carbonyl (C=O) groups is 1. The van der Waals surface area contributed by atoms with Crippen LogP contribution in [0.15, 0.2) is 24.3 Å². The van der Waals surface area contributed by atoms with E-state index in [1.807, 2.05) is 36.2 Å². The van der Waals surface area contributed by atoms with Gasteiger partial charge in [-0.2, -0.15) is 0 Å². The van der Waals surface area contributed by atoms with Crippen molar-refractivity contribution in [1.82, 2.24) is 9.80 Å². The van der Waals surface area contributed by atoms with E-state index in [-0.39, 0.29) is 5.91 Å². The molecule has 1 unspecified atom stereocenters. The molecule has 1 aliphatic rings. The van der Waals surface area contributed by atoms with Gasteiger partial charge < -0.3 is 15.5 Å². The van der Waals surface area contributed by atoms with Gasteiger partial charge in [0.15, 0.2) is 0 Å². The highest BCUT2D eigenvalue weighted by Crippen LogP contribution is 2.17. The van der Waals surface area contributed by atoms with Gasteiger partial charge >= 0.3 is 0 Å². The third-order valence-corrected chi connectivity index (χ3v) is 3.85. The molecule has 2 rings (SSSR count). The first-order valence-corrected chi connectivity index (χ1v) is 7.33. The molecule has 0 aliphatic carbocycles. The summed E-state index contributed by atoms with van der Waals surface area (Å²) in [6.07, 6.45) is 1.16. The zero-order valence-corrected chi connectivity index (χ0v) is 12.8. The number of benzene rings is 1. The fourth-order valence-corrected chi connectivity index (χ4v) is 2.78. The Hall–Kier alpha value is -1.83. The van der Waals surface area contributed by atoms with Crippen LogP contribution in [0.2, 0.25) is 0 Å². The molecule has 1 heterocycles. The van der Waals surface area contributed by atoms with Crippen LogP contribution in [-0.4, -0.2) is 56.0 Å². The quantitative estimate of drug-likeness (QED) is 0.844. The average Bonchev–Trinajstić information content (AvgIpc) is 2.89. The Morgan fingerprint density at radius 2 is 2.24 bits per heavy atom. The minimum atomic E-state index is 0.0338. The Morgan fingerprint density at radius 3 is 2.90 bits per heavy atom. The van der Waals surface area contributed by atoms with Gasteiger partial charge in [0.05, 0.1) is 12.1 Å². The topological polar surface area (TPSA) is 49.6 Å². The molecule has 1 saturated heterocycles. The Morgan fingerprint density at radius 1 is 1.48 bits per heavy atom. The van der Waals surface area contributed by atoms with Crippen LogP contribution in [0.5, 0.6) is 0 Å². The molecule has 1 aliphatic heterocycles. The first-order chi connectivity index (χ1) is 10.1. The maximum absolute atomic E-state index is 12.6. The number of hydrogen-bond donors (Lipinski definition) is 1. The number of rotatable bonds is 3. The number of carbonyl (C=O) groups excluding carboxylic acids is 1. The van der Waals surface area contributed by atoms with Gasteiger partial charge in [-0.25, -0.2) is 0 Å². The third-order valence-electron chi connectivity index (χ3n) is 3.85. The van der Waals surface area contributed by atoms with E-state index in [1.165, 1.54) is 0 Å². The lowest BCUT2D eigenvalue weighted by atomic mass is 10.0. The Balaban J connectivity index is 2.08. The van der Waals surface area contributed by atoms with E-state index in [4.69, 9.17) is 5.73 Å². The van der Waals surface area contributed by atoms with Crippen LogP contribution in [0.3, 0.4) is 0 Å². The lowest BCUT2D eigenvalue weighted by Gasteiger charge is -2.21. The molecule has 0 bridgehead atoms. The fourth-order valence-electron chi connectivity index (χ4n) is 2.78. The van der Waals surface area contributed by atoms with Gasteiger partial charge in [0.1, 0.15) is 0 Å². The maximum atomic E-state index is 12.6. The average molecular weight is 285 g/mol. The third kappa shape index (κ3) is 4.07. The van der Waals surface area contributed by atoms with Gasteiger partial charge in [0, 0.05) is 25.7 Å². The number of nitrogens with zero attached hydrogens (tertiary/aromatic N) is 2. The number of hydrogen-bond acceptors (Lipinski definition) is 3. The van der Waals surface area contributed by atoms with Crippen LogP contribution in [-0.2, 0) is 0 Å². The summed E-state index contributed by atoms with van der Waals surface area (Å²) in [4.78, 5) is 16.7. The summed E-state index contributed by atoms with van der Waals surface area (Å²) < 4.78 is 0. The lowest BCUT2D eigenvalue weighted by molar-refractivity contribution is 0.0774. The highest BCUT2D eigenvalue weighted by atomic mass is 16.2. The SMILES string of the molecule is CN1CCC(CN(C)C(=O)c2ccccc2C#CCN)C1. The van der Waals surface area contributed by atoms with Crippen molar-refractivity contribution in [3.63, 3.8) is 0 Å². The standard InChI is InChI=1S/C17H23N3O/c1-19-11-9-14(12-19)13-20(2)17(21)16-8-4-3-6-15(16)7-5-10-18/h3-4,6,8,14H,9-13,18H2,1-2H3. The van der Waals surface area contributed by atoms with Crippen molar-refractivity contribution in [2.75, 3.05) is 40.3 Å². The Bertz CT molecular complexity index is 559. The number of amides is 1.